The number of nitrogens with zero attached hydrogens (tertiary/aromatic N) is 2. The fraction of sp³-hybridized carbons (Fsp3) is 0.720. The Morgan fingerprint density at radius 2 is 2.03 bits per heavy atom. The first-order valence-corrected chi connectivity index (χ1v) is 12.5. The van der Waals surface area contributed by atoms with Gasteiger partial charge >= 0.3 is 0 Å². The molecule has 2 N–H and O–H groups in total. The standard InChI is InChI=1S/C25H40N4O3/c1-2-11-29-12-9-21(18-29)17-27-25(26-10-3-13-30-19-20-5-6-20)28-22-7-8-23-24(16-22)32-15-4-14-31-23/h7-8,16,20-21H,2-6,9-15,17-19H2,1H3,(H2,26,27,28). The highest BCUT2D eigenvalue weighted by Gasteiger charge is 2.22. The number of nitrogens with one attached hydrogen (secondary N) is 2. The van der Waals surface area contributed by atoms with Crippen LogP contribution < -0.4 is 20.1 Å². The minimum Gasteiger partial charge on any atom is -0.490 e. The average molecular weight is 445 g/mol. The van der Waals surface area contributed by atoms with E-state index in [9.17, 15) is 0 Å². The minimum absolute atomic E-state index is 0.630. The van der Waals surface area contributed by atoms with Crippen LogP contribution in [0.25, 0.3) is 0 Å². The molecule has 7 heteroatoms. The third-order valence-corrected chi connectivity index (χ3v) is 6.24. The highest BCUT2D eigenvalue weighted by atomic mass is 16.5. The molecule has 2 heterocycles. The number of guanidine groups is 1. The lowest BCUT2D eigenvalue weighted by molar-refractivity contribution is 0.123. The highest BCUT2D eigenvalue weighted by Crippen LogP contribution is 2.32. The van der Waals surface area contributed by atoms with Gasteiger partial charge in [-0.2, -0.15) is 0 Å². The summed E-state index contributed by atoms with van der Waals surface area (Å²) >= 11 is 0. The zero-order valence-corrected chi connectivity index (χ0v) is 19.6. The van der Waals surface area contributed by atoms with Crippen LogP contribution >= 0.6 is 0 Å². The van der Waals surface area contributed by atoms with Gasteiger partial charge in [-0.1, -0.05) is 6.92 Å². The van der Waals surface area contributed by atoms with E-state index in [4.69, 9.17) is 19.2 Å². The van der Waals surface area contributed by atoms with Gasteiger partial charge in [0.25, 0.3) is 0 Å². The lowest BCUT2D eigenvalue weighted by Crippen LogP contribution is -2.33. The van der Waals surface area contributed by atoms with Gasteiger partial charge in [0.05, 0.1) is 13.2 Å². The zero-order valence-electron chi connectivity index (χ0n) is 19.6. The molecule has 4 rings (SSSR count). The van der Waals surface area contributed by atoms with Crippen molar-refractivity contribution in [3.05, 3.63) is 18.2 Å². The summed E-state index contributed by atoms with van der Waals surface area (Å²) in [5, 5.41) is 6.98. The normalized spacial score (nSPS) is 21.4. The molecule has 2 aliphatic heterocycles. The van der Waals surface area contributed by atoms with Crippen molar-refractivity contribution in [1.29, 1.82) is 0 Å². The van der Waals surface area contributed by atoms with Crippen LogP contribution in [0.3, 0.4) is 0 Å². The Hall–Kier alpha value is -1.99. The highest BCUT2D eigenvalue weighted by molar-refractivity contribution is 5.94. The van der Waals surface area contributed by atoms with E-state index in [1.54, 1.807) is 0 Å². The van der Waals surface area contributed by atoms with Crippen molar-refractivity contribution in [3.8, 4) is 11.5 Å². The van der Waals surface area contributed by atoms with E-state index in [1.165, 1.54) is 38.8 Å². The molecular weight excluding hydrogens is 404 g/mol. The molecule has 1 aliphatic carbocycles. The van der Waals surface area contributed by atoms with Gasteiger partial charge < -0.3 is 29.7 Å². The summed E-state index contributed by atoms with van der Waals surface area (Å²) in [7, 11) is 0. The van der Waals surface area contributed by atoms with E-state index in [2.05, 4.69) is 22.5 Å². The maximum Gasteiger partial charge on any atom is 0.195 e. The quantitative estimate of drug-likeness (QED) is 0.308. The predicted molar refractivity (Wildman–Crippen MR) is 129 cm³/mol. The molecule has 0 amide bonds. The van der Waals surface area contributed by atoms with Gasteiger partial charge in [-0.05, 0) is 69.2 Å². The van der Waals surface area contributed by atoms with Crippen molar-refractivity contribution < 1.29 is 14.2 Å². The van der Waals surface area contributed by atoms with Crippen molar-refractivity contribution >= 4 is 11.6 Å². The first-order valence-electron chi connectivity index (χ1n) is 12.5. The molecule has 1 saturated heterocycles. The summed E-state index contributed by atoms with van der Waals surface area (Å²) in [5.41, 5.74) is 0.963. The number of aliphatic imine (C=N–C) groups is 1. The fourth-order valence-electron chi connectivity index (χ4n) is 4.23. The molecule has 7 nitrogen and oxygen atoms in total. The third kappa shape index (κ3) is 7.55. The average Bonchev–Trinajstić information content (AvgIpc) is 3.56. The minimum atomic E-state index is 0.630. The number of fused-ring (bicyclic) bond motifs is 1. The predicted octanol–water partition coefficient (Wildman–Crippen LogP) is 3.75. The van der Waals surface area contributed by atoms with E-state index < -0.39 is 0 Å². The number of benzene rings is 1. The van der Waals surface area contributed by atoms with Crippen LogP contribution in [0, 0.1) is 11.8 Å². The molecule has 0 spiro atoms. The van der Waals surface area contributed by atoms with Crippen LogP contribution in [0.2, 0.25) is 0 Å². The zero-order chi connectivity index (χ0) is 22.0. The number of hydrogen-bond donors (Lipinski definition) is 2. The molecule has 0 radical (unpaired) electrons. The van der Waals surface area contributed by atoms with Gasteiger partial charge in [-0.25, -0.2) is 0 Å². The van der Waals surface area contributed by atoms with Gasteiger partial charge in [-0.3, -0.25) is 4.99 Å². The molecule has 2 fully saturated rings. The Morgan fingerprint density at radius 3 is 2.88 bits per heavy atom. The summed E-state index contributed by atoms with van der Waals surface area (Å²) in [6, 6.07) is 6.02. The Balaban J connectivity index is 1.31. The largest absolute Gasteiger partial charge is 0.490 e. The van der Waals surface area contributed by atoms with Crippen molar-refractivity contribution in [2.24, 2.45) is 16.8 Å². The Bertz CT molecular complexity index is 738. The lowest BCUT2D eigenvalue weighted by Gasteiger charge is -2.16. The molecule has 1 aromatic rings. The van der Waals surface area contributed by atoms with Crippen LogP contribution in [-0.4, -0.2) is 70.0 Å². The first-order chi connectivity index (χ1) is 15.8. The van der Waals surface area contributed by atoms with Crippen molar-refractivity contribution in [3.63, 3.8) is 0 Å². The number of ether oxygens (including phenoxy) is 3. The van der Waals surface area contributed by atoms with E-state index >= 15 is 0 Å². The number of hydrogen-bond acceptors (Lipinski definition) is 5. The lowest BCUT2D eigenvalue weighted by atomic mass is 10.1. The molecule has 0 aromatic heterocycles. The molecule has 0 bridgehead atoms. The van der Waals surface area contributed by atoms with Gasteiger partial charge in [0.15, 0.2) is 17.5 Å². The third-order valence-electron chi connectivity index (χ3n) is 6.24. The second kappa shape index (κ2) is 12.3. The number of rotatable bonds is 11. The molecule has 178 valence electrons. The van der Waals surface area contributed by atoms with Gasteiger partial charge in [-0.15, -0.1) is 0 Å². The topological polar surface area (TPSA) is 67.4 Å². The summed E-state index contributed by atoms with van der Waals surface area (Å²) in [6.45, 7) is 10.6. The van der Waals surface area contributed by atoms with Crippen LogP contribution in [-0.2, 0) is 4.74 Å². The summed E-state index contributed by atoms with van der Waals surface area (Å²) in [6.07, 6.45) is 7.01. The molecule has 1 unspecified atom stereocenters. The smallest absolute Gasteiger partial charge is 0.195 e. The molecule has 3 aliphatic rings. The molecular formula is C25H40N4O3. The summed E-state index contributed by atoms with van der Waals surface area (Å²) in [4.78, 5) is 7.49. The van der Waals surface area contributed by atoms with Crippen LogP contribution in [0.5, 0.6) is 11.5 Å². The van der Waals surface area contributed by atoms with E-state index in [-0.39, 0.29) is 0 Å². The molecule has 32 heavy (non-hydrogen) atoms. The van der Waals surface area contributed by atoms with E-state index in [1.807, 2.05) is 18.2 Å². The SMILES string of the molecule is CCCN1CCC(CN=C(NCCCOCC2CC2)Nc2ccc3c(c2)OCCCO3)C1. The fourth-order valence-corrected chi connectivity index (χ4v) is 4.23. The van der Waals surface area contributed by atoms with Gasteiger partial charge in [0.2, 0.25) is 0 Å². The van der Waals surface area contributed by atoms with Crippen LogP contribution in [0.1, 0.15) is 45.4 Å². The molecule has 1 aromatic carbocycles. The van der Waals surface area contributed by atoms with Crippen LogP contribution in [0.4, 0.5) is 5.69 Å². The maximum atomic E-state index is 5.85. The Kier molecular flexibility index (Phi) is 8.91. The monoisotopic (exact) mass is 444 g/mol. The second-order valence-electron chi connectivity index (χ2n) is 9.28. The van der Waals surface area contributed by atoms with Crippen molar-refractivity contribution in [2.75, 3.05) is 64.5 Å². The first kappa shape index (κ1) is 23.2. The second-order valence-corrected chi connectivity index (χ2v) is 9.28. The van der Waals surface area contributed by atoms with Crippen LogP contribution in [0.15, 0.2) is 23.2 Å². The van der Waals surface area contributed by atoms with E-state index in [0.29, 0.717) is 19.1 Å². The van der Waals surface area contributed by atoms with E-state index in [0.717, 1.165) is 74.8 Å². The molecule has 1 atom stereocenters. The van der Waals surface area contributed by atoms with Gasteiger partial charge in [0.1, 0.15) is 0 Å². The summed E-state index contributed by atoms with van der Waals surface area (Å²) < 4.78 is 17.4. The van der Waals surface area contributed by atoms with Crippen molar-refractivity contribution in [2.45, 2.75) is 45.4 Å². The van der Waals surface area contributed by atoms with Crippen molar-refractivity contribution in [1.82, 2.24) is 10.2 Å². The van der Waals surface area contributed by atoms with Gasteiger partial charge in [0, 0.05) is 51.0 Å². The number of likely N-dealkylation sites (tertiary alicyclic amines) is 1. The maximum absolute atomic E-state index is 5.85. The number of anilines is 1. The molecule has 1 saturated carbocycles. The Morgan fingerprint density at radius 1 is 1.16 bits per heavy atom. The Labute approximate surface area is 192 Å². The summed E-state index contributed by atoms with van der Waals surface area (Å²) in [5.74, 6) is 3.89.